The van der Waals surface area contributed by atoms with E-state index in [9.17, 15) is 9.90 Å². The number of hydrogen-bond acceptors (Lipinski definition) is 6. The summed E-state index contributed by atoms with van der Waals surface area (Å²) < 4.78 is 17.9. The summed E-state index contributed by atoms with van der Waals surface area (Å²) in [6.07, 6.45) is 2.32. The normalized spacial score (nSPS) is 32.1. The fourth-order valence-electron chi connectivity index (χ4n) is 3.46. The number of nitrogens with zero attached hydrogens (tertiary/aromatic N) is 3. The van der Waals surface area contributed by atoms with Crippen molar-refractivity contribution in [3.8, 4) is 0 Å². The van der Waals surface area contributed by atoms with E-state index < -0.39 is 37.8 Å². The van der Waals surface area contributed by atoms with Crippen LogP contribution in [0.4, 0.5) is 4.79 Å². The molecule has 4 rings (SSSR count). The molecule has 0 radical (unpaired) electrons. The van der Waals surface area contributed by atoms with Crippen LogP contribution in [0.15, 0.2) is 47.6 Å². The van der Waals surface area contributed by atoms with Gasteiger partial charge < -0.3 is 29.4 Å². The van der Waals surface area contributed by atoms with E-state index in [1.54, 1.807) is 23.5 Å². The fraction of sp³-hybridized carbons (Fsp3) is 0.444. The molecule has 2 saturated heterocycles. The summed E-state index contributed by atoms with van der Waals surface area (Å²) in [7, 11) is 3.14. The molecular formula is C18H23BN4O5. The Kier molecular flexibility index (Phi) is 5.36. The SMILES string of the molecule is CN(C)/C=N\C1C=CN([C@@H]2O[C@H](CO)C3OB(c4ccccc4)O[C@@H]32)C(=O)N1. The molecule has 0 bridgehead atoms. The molecule has 3 aliphatic heterocycles. The van der Waals surface area contributed by atoms with Crippen molar-refractivity contribution in [2.24, 2.45) is 4.99 Å². The number of benzene rings is 1. The van der Waals surface area contributed by atoms with E-state index in [4.69, 9.17) is 14.0 Å². The van der Waals surface area contributed by atoms with Crippen LogP contribution in [-0.4, -0.2) is 85.8 Å². The number of aliphatic hydroxyl groups excluding tert-OH is 1. The highest BCUT2D eigenvalue weighted by atomic mass is 16.7. The summed E-state index contributed by atoms with van der Waals surface area (Å²) in [5.74, 6) is 0. The second kappa shape index (κ2) is 7.92. The molecule has 2 fully saturated rings. The Morgan fingerprint density at radius 2 is 2.04 bits per heavy atom. The van der Waals surface area contributed by atoms with Crippen LogP contribution < -0.4 is 10.8 Å². The van der Waals surface area contributed by atoms with Crippen LogP contribution in [0.1, 0.15) is 0 Å². The third kappa shape index (κ3) is 3.63. The molecule has 0 aromatic heterocycles. The molecule has 10 heteroatoms. The quantitative estimate of drug-likeness (QED) is 0.396. The summed E-state index contributed by atoms with van der Waals surface area (Å²) in [5, 5.41) is 12.5. The Balaban J connectivity index is 1.50. The zero-order valence-corrected chi connectivity index (χ0v) is 15.7. The van der Waals surface area contributed by atoms with Gasteiger partial charge in [-0.1, -0.05) is 30.3 Å². The average Bonchev–Trinajstić information content (AvgIpc) is 3.27. The Hall–Kier alpha value is -2.40. The molecule has 3 aliphatic rings. The van der Waals surface area contributed by atoms with Crippen molar-refractivity contribution in [2.75, 3.05) is 20.7 Å². The molecule has 5 atom stereocenters. The molecular weight excluding hydrogens is 363 g/mol. The molecule has 9 nitrogen and oxygen atoms in total. The molecule has 1 aromatic carbocycles. The first kappa shape index (κ1) is 18.9. The van der Waals surface area contributed by atoms with Crippen molar-refractivity contribution in [1.82, 2.24) is 15.1 Å². The lowest BCUT2D eigenvalue weighted by Crippen LogP contribution is -2.53. The van der Waals surface area contributed by atoms with Crippen LogP contribution in [0, 0.1) is 0 Å². The number of ether oxygens (including phenoxy) is 1. The monoisotopic (exact) mass is 386 g/mol. The topological polar surface area (TPSA) is 95.9 Å². The van der Waals surface area contributed by atoms with Crippen molar-refractivity contribution >= 4 is 25.0 Å². The number of rotatable bonds is 5. The Morgan fingerprint density at radius 3 is 2.71 bits per heavy atom. The lowest BCUT2D eigenvalue weighted by Gasteiger charge is -2.32. The molecule has 0 spiro atoms. The number of carbonyl (C=O) groups is 1. The largest absolute Gasteiger partial charge is 0.494 e. The van der Waals surface area contributed by atoms with Gasteiger partial charge in [0, 0.05) is 20.3 Å². The van der Waals surface area contributed by atoms with Crippen LogP contribution in [0.5, 0.6) is 0 Å². The minimum absolute atomic E-state index is 0.225. The smallest absolute Gasteiger partial charge is 0.399 e. The van der Waals surface area contributed by atoms with Gasteiger partial charge in [-0.2, -0.15) is 0 Å². The number of nitrogens with one attached hydrogen (secondary N) is 1. The summed E-state index contributed by atoms with van der Waals surface area (Å²) in [4.78, 5) is 20.1. The zero-order valence-electron chi connectivity index (χ0n) is 15.7. The van der Waals surface area contributed by atoms with Crippen LogP contribution in [0.25, 0.3) is 0 Å². The third-order valence-corrected chi connectivity index (χ3v) is 4.77. The van der Waals surface area contributed by atoms with E-state index in [-0.39, 0.29) is 12.6 Å². The van der Waals surface area contributed by atoms with E-state index in [2.05, 4.69) is 10.3 Å². The van der Waals surface area contributed by atoms with Crippen LogP contribution >= 0.6 is 0 Å². The first-order valence-corrected chi connectivity index (χ1v) is 9.16. The van der Waals surface area contributed by atoms with Crippen LogP contribution in [0.3, 0.4) is 0 Å². The van der Waals surface area contributed by atoms with Gasteiger partial charge in [0.25, 0.3) is 0 Å². The number of aliphatic imine (C=N–C) groups is 1. The average molecular weight is 386 g/mol. The zero-order chi connectivity index (χ0) is 19.7. The van der Waals surface area contributed by atoms with Gasteiger partial charge in [-0.15, -0.1) is 0 Å². The second-order valence-electron chi connectivity index (χ2n) is 7.06. The second-order valence-corrected chi connectivity index (χ2v) is 7.06. The highest BCUT2D eigenvalue weighted by Gasteiger charge is 2.56. The molecule has 2 N–H and O–H groups in total. The summed E-state index contributed by atoms with van der Waals surface area (Å²) in [6, 6.07) is 9.20. The maximum Gasteiger partial charge on any atom is 0.494 e. The molecule has 2 amide bonds. The number of aliphatic hydroxyl groups is 1. The highest BCUT2D eigenvalue weighted by Crippen LogP contribution is 2.34. The fourth-order valence-corrected chi connectivity index (χ4v) is 3.46. The number of amides is 2. The van der Waals surface area contributed by atoms with E-state index in [1.807, 2.05) is 44.4 Å². The minimum atomic E-state index is -0.703. The van der Waals surface area contributed by atoms with Gasteiger partial charge in [-0.3, -0.25) is 4.90 Å². The lowest BCUT2D eigenvalue weighted by atomic mass is 9.79. The van der Waals surface area contributed by atoms with Crippen molar-refractivity contribution in [2.45, 2.75) is 30.7 Å². The van der Waals surface area contributed by atoms with Gasteiger partial charge in [-0.25, -0.2) is 9.79 Å². The molecule has 148 valence electrons. The van der Waals surface area contributed by atoms with Crippen LogP contribution in [0.2, 0.25) is 0 Å². The van der Waals surface area contributed by atoms with Gasteiger partial charge in [0.05, 0.1) is 12.9 Å². The predicted molar refractivity (Wildman–Crippen MR) is 103 cm³/mol. The molecule has 0 aliphatic carbocycles. The predicted octanol–water partition coefficient (Wildman–Crippen LogP) is -0.662. The molecule has 3 heterocycles. The van der Waals surface area contributed by atoms with Gasteiger partial charge in [0.2, 0.25) is 0 Å². The van der Waals surface area contributed by atoms with Crippen molar-refractivity contribution in [3.05, 3.63) is 42.6 Å². The number of hydrogen-bond donors (Lipinski definition) is 2. The Labute approximate surface area is 163 Å². The first-order valence-electron chi connectivity index (χ1n) is 9.16. The Bertz CT molecular complexity index is 762. The summed E-state index contributed by atoms with van der Waals surface area (Å²) in [5.41, 5.74) is 0.879. The molecule has 2 unspecified atom stereocenters. The van der Waals surface area contributed by atoms with E-state index in [0.29, 0.717) is 0 Å². The summed E-state index contributed by atoms with van der Waals surface area (Å²) in [6.45, 7) is -0.225. The number of urea groups is 1. The van der Waals surface area contributed by atoms with Gasteiger partial charge in [0.15, 0.2) is 6.23 Å². The highest BCUT2D eigenvalue weighted by molar-refractivity contribution is 6.61. The first-order chi connectivity index (χ1) is 13.6. The van der Waals surface area contributed by atoms with Gasteiger partial charge in [0.1, 0.15) is 24.5 Å². The molecule has 28 heavy (non-hydrogen) atoms. The molecule has 1 aromatic rings. The van der Waals surface area contributed by atoms with Crippen molar-refractivity contribution < 1.29 is 23.9 Å². The van der Waals surface area contributed by atoms with Crippen molar-refractivity contribution in [1.29, 1.82) is 0 Å². The van der Waals surface area contributed by atoms with Gasteiger partial charge in [-0.05, 0) is 11.5 Å². The van der Waals surface area contributed by atoms with E-state index >= 15 is 0 Å². The van der Waals surface area contributed by atoms with E-state index in [1.165, 1.54) is 4.90 Å². The van der Waals surface area contributed by atoms with Crippen molar-refractivity contribution in [3.63, 3.8) is 0 Å². The number of carbonyl (C=O) groups excluding carboxylic acids is 1. The minimum Gasteiger partial charge on any atom is -0.399 e. The third-order valence-electron chi connectivity index (χ3n) is 4.77. The summed E-state index contributed by atoms with van der Waals surface area (Å²) >= 11 is 0. The van der Waals surface area contributed by atoms with Crippen LogP contribution in [-0.2, 0) is 14.0 Å². The van der Waals surface area contributed by atoms with Gasteiger partial charge >= 0.3 is 13.1 Å². The maximum absolute atomic E-state index is 12.6. The molecule has 0 saturated carbocycles. The Morgan fingerprint density at radius 1 is 1.29 bits per heavy atom. The van der Waals surface area contributed by atoms with E-state index in [0.717, 1.165) is 5.46 Å². The lowest BCUT2D eigenvalue weighted by molar-refractivity contribution is -0.0703. The standard InChI is InChI=1S/C18H23BN4O5/c1-22(2)11-20-14-8-9-23(18(25)21-14)17-16-15(13(10-24)26-17)27-19(28-16)12-6-4-3-5-7-12/h3-9,11,13-17,24H,10H2,1-2H3,(H,21,25)/b20-11-/t13-,14?,15?,16+,17-/m1/s1. The maximum atomic E-state index is 12.6. The number of fused-ring (bicyclic) bond motifs is 1.